The smallest absolute Gasteiger partial charge is 0.282 e. The third kappa shape index (κ3) is 3.55. The van der Waals surface area contributed by atoms with Crippen LogP contribution in [0.2, 0.25) is 5.02 Å². The lowest BCUT2D eigenvalue weighted by atomic mass is 10.1. The number of amides is 1. The first-order valence-corrected chi connectivity index (χ1v) is 6.32. The molecule has 0 heterocycles. The van der Waals surface area contributed by atoms with Gasteiger partial charge in [0.25, 0.3) is 11.6 Å². The largest absolute Gasteiger partial charge is 0.348 e. The highest BCUT2D eigenvalue weighted by atomic mass is 35.5. The standard InChI is InChI=1S/C14H10ClFN2O3/c15-10-5-6-13(18(20)21)11(7-10)14(19)17-8-9-3-1-2-4-12(9)16/h1-7H,8H2,(H,17,19). The van der Waals surface area contributed by atoms with Crippen LogP contribution >= 0.6 is 11.6 Å². The predicted octanol–water partition coefficient (Wildman–Crippen LogP) is 3.32. The lowest BCUT2D eigenvalue weighted by Gasteiger charge is -2.07. The summed E-state index contributed by atoms with van der Waals surface area (Å²) in [5, 5.41) is 13.5. The van der Waals surface area contributed by atoms with Gasteiger partial charge < -0.3 is 5.32 Å². The molecule has 5 nitrogen and oxygen atoms in total. The van der Waals surface area contributed by atoms with E-state index in [-0.39, 0.29) is 28.4 Å². The van der Waals surface area contributed by atoms with Gasteiger partial charge in [-0.1, -0.05) is 29.8 Å². The SMILES string of the molecule is O=C(NCc1ccccc1F)c1cc(Cl)ccc1[N+](=O)[O-]. The van der Waals surface area contributed by atoms with E-state index in [1.165, 1.54) is 30.3 Å². The Kier molecular flexibility index (Phi) is 4.49. The molecule has 108 valence electrons. The van der Waals surface area contributed by atoms with Crippen LogP contribution in [0.3, 0.4) is 0 Å². The molecule has 0 saturated carbocycles. The lowest BCUT2D eigenvalue weighted by Crippen LogP contribution is -2.24. The van der Waals surface area contributed by atoms with E-state index >= 15 is 0 Å². The zero-order valence-corrected chi connectivity index (χ0v) is 11.4. The number of nitrogens with one attached hydrogen (secondary N) is 1. The molecule has 2 rings (SSSR count). The first-order valence-electron chi connectivity index (χ1n) is 5.94. The van der Waals surface area contributed by atoms with Crippen LogP contribution in [0.25, 0.3) is 0 Å². The second-order valence-corrected chi connectivity index (χ2v) is 4.63. The molecule has 0 aliphatic carbocycles. The topological polar surface area (TPSA) is 72.2 Å². The molecule has 0 unspecified atom stereocenters. The number of halogens is 2. The van der Waals surface area contributed by atoms with Crippen LogP contribution < -0.4 is 5.32 Å². The van der Waals surface area contributed by atoms with Crippen molar-refractivity contribution in [1.29, 1.82) is 0 Å². The van der Waals surface area contributed by atoms with Crippen LogP contribution in [0, 0.1) is 15.9 Å². The summed E-state index contributed by atoms with van der Waals surface area (Å²) in [6.45, 7) is -0.0742. The van der Waals surface area contributed by atoms with Crippen molar-refractivity contribution in [2.45, 2.75) is 6.54 Å². The van der Waals surface area contributed by atoms with Crippen molar-refractivity contribution >= 4 is 23.2 Å². The molecule has 1 amide bonds. The van der Waals surface area contributed by atoms with E-state index in [1.807, 2.05) is 0 Å². The Morgan fingerprint density at radius 1 is 1.29 bits per heavy atom. The number of hydrogen-bond acceptors (Lipinski definition) is 3. The van der Waals surface area contributed by atoms with Gasteiger partial charge in [0, 0.05) is 23.2 Å². The number of nitro benzene ring substituents is 1. The Balaban J connectivity index is 2.19. The van der Waals surface area contributed by atoms with Crippen molar-refractivity contribution in [2.75, 3.05) is 0 Å². The van der Waals surface area contributed by atoms with E-state index in [1.54, 1.807) is 6.07 Å². The minimum absolute atomic E-state index is 0.0742. The Morgan fingerprint density at radius 3 is 2.67 bits per heavy atom. The van der Waals surface area contributed by atoms with Crippen molar-refractivity contribution in [3.63, 3.8) is 0 Å². The van der Waals surface area contributed by atoms with Crippen LogP contribution in [-0.2, 0) is 6.54 Å². The molecule has 0 fully saturated rings. The third-order valence-electron chi connectivity index (χ3n) is 2.80. The fourth-order valence-electron chi connectivity index (χ4n) is 1.76. The van der Waals surface area contributed by atoms with Gasteiger partial charge in [0.15, 0.2) is 0 Å². The number of carbonyl (C=O) groups excluding carboxylic acids is 1. The van der Waals surface area contributed by atoms with Gasteiger partial charge in [-0.25, -0.2) is 4.39 Å². The van der Waals surface area contributed by atoms with Gasteiger partial charge in [0.2, 0.25) is 0 Å². The molecule has 1 N–H and O–H groups in total. The van der Waals surface area contributed by atoms with Crippen LogP contribution in [0.15, 0.2) is 42.5 Å². The van der Waals surface area contributed by atoms with Crippen LogP contribution in [0.5, 0.6) is 0 Å². The number of rotatable bonds is 4. The molecule has 2 aromatic rings. The molecule has 0 saturated heterocycles. The zero-order valence-electron chi connectivity index (χ0n) is 10.7. The Bertz CT molecular complexity index is 706. The van der Waals surface area contributed by atoms with Crippen molar-refractivity contribution in [3.8, 4) is 0 Å². The lowest BCUT2D eigenvalue weighted by molar-refractivity contribution is -0.385. The van der Waals surface area contributed by atoms with E-state index in [2.05, 4.69) is 5.32 Å². The maximum atomic E-state index is 13.4. The summed E-state index contributed by atoms with van der Waals surface area (Å²) >= 11 is 5.75. The van der Waals surface area contributed by atoms with E-state index in [9.17, 15) is 19.3 Å². The van der Waals surface area contributed by atoms with E-state index in [0.29, 0.717) is 0 Å². The molecule has 7 heteroatoms. The van der Waals surface area contributed by atoms with E-state index in [0.717, 1.165) is 6.07 Å². The number of nitrogens with zero attached hydrogens (tertiary/aromatic N) is 1. The fraction of sp³-hybridized carbons (Fsp3) is 0.0714. The highest BCUT2D eigenvalue weighted by Gasteiger charge is 2.20. The monoisotopic (exact) mass is 308 g/mol. The van der Waals surface area contributed by atoms with Crippen molar-refractivity contribution in [3.05, 3.63) is 74.5 Å². The van der Waals surface area contributed by atoms with Crippen LogP contribution in [0.1, 0.15) is 15.9 Å². The number of benzene rings is 2. The number of nitro groups is 1. The Morgan fingerprint density at radius 2 is 2.00 bits per heavy atom. The molecule has 2 aromatic carbocycles. The summed E-state index contributed by atoms with van der Waals surface area (Å²) in [5.41, 5.74) is -0.232. The molecule has 0 radical (unpaired) electrons. The zero-order chi connectivity index (χ0) is 15.4. The number of carbonyl (C=O) groups is 1. The van der Waals surface area contributed by atoms with Crippen LogP contribution in [0.4, 0.5) is 10.1 Å². The third-order valence-corrected chi connectivity index (χ3v) is 3.03. The van der Waals surface area contributed by atoms with Gasteiger partial charge in [0.05, 0.1) is 4.92 Å². The normalized spacial score (nSPS) is 10.2. The predicted molar refractivity (Wildman–Crippen MR) is 75.7 cm³/mol. The van der Waals surface area contributed by atoms with Gasteiger partial charge >= 0.3 is 0 Å². The second-order valence-electron chi connectivity index (χ2n) is 4.19. The van der Waals surface area contributed by atoms with Gasteiger partial charge in [0.1, 0.15) is 11.4 Å². The first-order chi connectivity index (χ1) is 9.99. The second kappa shape index (κ2) is 6.32. The van der Waals surface area contributed by atoms with Crippen molar-refractivity contribution < 1.29 is 14.1 Å². The highest BCUT2D eigenvalue weighted by molar-refractivity contribution is 6.31. The minimum atomic E-state index is -0.688. The Hall–Kier alpha value is -2.47. The van der Waals surface area contributed by atoms with E-state index in [4.69, 9.17) is 11.6 Å². The molecular formula is C14H10ClFN2O3. The van der Waals surface area contributed by atoms with E-state index < -0.39 is 16.6 Å². The summed E-state index contributed by atoms with van der Waals surface area (Å²) in [6.07, 6.45) is 0. The molecule has 21 heavy (non-hydrogen) atoms. The number of hydrogen-bond donors (Lipinski definition) is 1. The molecule has 0 aliphatic rings. The maximum Gasteiger partial charge on any atom is 0.282 e. The summed E-state index contributed by atoms with van der Waals surface area (Å²) in [4.78, 5) is 22.2. The van der Waals surface area contributed by atoms with Gasteiger partial charge in [-0.3, -0.25) is 14.9 Å². The Labute approximate surface area is 124 Å². The summed E-state index contributed by atoms with van der Waals surface area (Å²) < 4.78 is 13.4. The highest BCUT2D eigenvalue weighted by Crippen LogP contribution is 2.22. The fourth-order valence-corrected chi connectivity index (χ4v) is 1.93. The minimum Gasteiger partial charge on any atom is -0.348 e. The van der Waals surface area contributed by atoms with Crippen LogP contribution in [-0.4, -0.2) is 10.8 Å². The molecule has 0 atom stereocenters. The molecule has 0 aromatic heterocycles. The van der Waals surface area contributed by atoms with Gasteiger partial charge in [-0.05, 0) is 18.2 Å². The molecule has 0 spiro atoms. The maximum absolute atomic E-state index is 13.4. The summed E-state index contributed by atoms with van der Waals surface area (Å²) in [6, 6.07) is 9.63. The van der Waals surface area contributed by atoms with Gasteiger partial charge in [-0.15, -0.1) is 0 Å². The van der Waals surface area contributed by atoms with Crippen molar-refractivity contribution in [1.82, 2.24) is 5.32 Å². The van der Waals surface area contributed by atoms with Gasteiger partial charge in [-0.2, -0.15) is 0 Å². The molecular weight excluding hydrogens is 299 g/mol. The summed E-state index contributed by atoms with van der Waals surface area (Å²) in [7, 11) is 0. The average molecular weight is 309 g/mol. The average Bonchev–Trinajstić information content (AvgIpc) is 2.45. The first kappa shape index (κ1) is 14.9. The van der Waals surface area contributed by atoms with Crippen molar-refractivity contribution in [2.24, 2.45) is 0 Å². The quantitative estimate of drug-likeness (QED) is 0.695. The molecule has 0 bridgehead atoms. The molecule has 0 aliphatic heterocycles. The summed E-state index contributed by atoms with van der Waals surface area (Å²) in [5.74, 6) is -1.15.